The number of pyridine rings is 1. The van der Waals surface area contributed by atoms with Gasteiger partial charge in [-0.1, -0.05) is 29.8 Å². The molecule has 1 fully saturated rings. The number of benzene rings is 1. The zero-order valence-corrected chi connectivity index (χ0v) is 18.1. The predicted octanol–water partition coefficient (Wildman–Crippen LogP) is 2.70. The molecule has 0 aliphatic carbocycles. The van der Waals surface area contributed by atoms with Crippen LogP contribution in [0.25, 0.3) is 11.0 Å². The molecule has 2 aromatic heterocycles. The van der Waals surface area contributed by atoms with E-state index in [2.05, 4.69) is 51.5 Å². The molecule has 1 aromatic carbocycles. The van der Waals surface area contributed by atoms with Crippen molar-refractivity contribution >= 4 is 16.9 Å². The lowest BCUT2D eigenvalue weighted by molar-refractivity contribution is 0.0162. The average Bonchev–Trinajstić information content (AvgIpc) is 3.03. The van der Waals surface area contributed by atoms with E-state index in [1.165, 1.54) is 11.1 Å². The maximum atomic E-state index is 13.2. The van der Waals surface area contributed by atoms with Gasteiger partial charge in [0.1, 0.15) is 0 Å². The Hall–Kier alpha value is -2.77. The van der Waals surface area contributed by atoms with Gasteiger partial charge in [0.15, 0.2) is 5.65 Å². The number of aromatic nitrogens is 3. The fraction of sp³-hybridized carbons (Fsp3) is 0.435. The molecule has 1 saturated heterocycles. The molecular formula is C23H29N5O2. The van der Waals surface area contributed by atoms with Crippen LogP contribution in [-0.2, 0) is 11.8 Å². The van der Waals surface area contributed by atoms with Gasteiger partial charge in [-0.15, -0.1) is 0 Å². The number of morpholine rings is 1. The van der Waals surface area contributed by atoms with E-state index in [-0.39, 0.29) is 11.9 Å². The number of carbonyl (C=O) groups is 1. The summed E-state index contributed by atoms with van der Waals surface area (Å²) in [6.07, 6.45) is 0. The molecule has 1 aliphatic rings. The minimum atomic E-state index is -0.0908. The molecule has 1 atom stereocenters. The third-order valence-electron chi connectivity index (χ3n) is 5.75. The number of carbonyl (C=O) groups excluding carboxylic acids is 1. The molecule has 158 valence electrons. The average molecular weight is 408 g/mol. The van der Waals surface area contributed by atoms with E-state index >= 15 is 0 Å². The Morgan fingerprint density at radius 1 is 1.17 bits per heavy atom. The Morgan fingerprint density at radius 2 is 1.87 bits per heavy atom. The van der Waals surface area contributed by atoms with E-state index in [1.54, 1.807) is 4.68 Å². The van der Waals surface area contributed by atoms with Gasteiger partial charge in [0.25, 0.3) is 5.91 Å². The zero-order valence-electron chi connectivity index (χ0n) is 18.1. The van der Waals surface area contributed by atoms with E-state index in [1.807, 2.05) is 27.0 Å². The number of nitrogens with one attached hydrogen (secondary N) is 1. The molecule has 0 unspecified atom stereocenters. The summed E-state index contributed by atoms with van der Waals surface area (Å²) in [5, 5.41) is 8.45. The fourth-order valence-electron chi connectivity index (χ4n) is 4.17. The quantitative estimate of drug-likeness (QED) is 0.704. The molecule has 7 nitrogen and oxygen atoms in total. The van der Waals surface area contributed by atoms with Gasteiger partial charge in [0.05, 0.1) is 35.9 Å². The summed E-state index contributed by atoms with van der Waals surface area (Å²) in [5.41, 5.74) is 5.42. The molecule has 1 N–H and O–H groups in total. The van der Waals surface area contributed by atoms with Crippen LogP contribution in [0.2, 0.25) is 0 Å². The number of hydrogen-bond acceptors (Lipinski definition) is 5. The highest BCUT2D eigenvalue weighted by Gasteiger charge is 2.24. The van der Waals surface area contributed by atoms with Crippen LogP contribution in [0.4, 0.5) is 0 Å². The first-order valence-corrected chi connectivity index (χ1v) is 10.4. The molecule has 1 aliphatic heterocycles. The molecule has 3 heterocycles. The molecule has 4 rings (SSSR count). The molecule has 0 saturated carbocycles. The van der Waals surface area contributed by atoms with Crippen molar-refractivity contribution in [3.05, 3.63) is 58.4 Å². The molecule has 0 spiro atoms. The van der Waals surface area contributed by atoms with Gasteiger partial charge in [-0.3, -0.25) is 14.4 Å². The molecule has 3 aromatic rings. The Labute approximate surface area is 177 Å². The summed E-state index contributed by atoms with van der Waals surface area (Å²) in [6.45, 7) is 9.58. The smallest absolute Gasteiger partial charge is 0.252 e. The van der Waals surface area contributed by atoms with Crippen molar-refractivity contribution < 1.29 is 9.53 Å². The van der Waals surface area contributed by atoms with Gasteiger partial charge in [-0.25, -0.2) is 4.98 Å². The summed E-state index contributed by atoms with van der Waals surface area (Å²) >= 11 is 0. The summed E-state index contributed by atoms with van der Waals surface area (Å²) in [5.74, 6) is -0.0908. The van der Waals surface area contributed by atoms with Gasteiger partial charge in [-0.05, 0) is 32.4 Å². The molecule has 7 heteroatoms. The lowest BCUT2D eigenvalue weighted by atomic mass is 10.0. The SMILES string of the molecule is Cc1ccc([C@H](CNC(=O)c2cc(C)nc3c2c(C)nn3C)N2CCOCC2)cc1. The summed E-state index contributed by atoms with van der Waals surface area (Å²) in [4.78, 5) is 20.2. The van der Waals surface area contributed by atoms with Crippen molar-refractivity contribution in [2.75, 3.05) is 32.8 Å². The van der Waals surface area contributed by atoms with Crippen LogP contribution in [0.15, 0.2) is 30.3 Å². The van der Waals surface area contributed by atoms with Crippen LogP contribution in [0, 0.1) is 20.8 Å². The number of amides is 1. The highest BCUT2D eigenvalue weighted by molar-refractivity contribution is 6.06. The third kappa shape index (κ3) is 4.08. The summed E-state index contributed by atoms with van der Waals surface area (Å²) in [6, 6.07) is 10.5. The van der Waals surface area contributed by atoms with Crippen molar-refractivity contribution in [2.45, 2.75) is 26.8 Å². The van der Waals surface area contributed by atoms with E-state index in [0.717, 1.165) is 48.7 Å². The minimum Gasteiger partial charge on any atom is -0.379 e. The van der Waals surface area contributed by atoms with Crippen molar-refractivity contribution in [1.29, 1.82) is 0 Å². The summed E-state index contributed by atoms with van der Waals surface area (Å²) in [7, 11) is 1.86. The molecule has 0 bridgehead atoms. The number of ether oxygens (including phenoxy) is 1. The first kappa shape index (κ1) is 20.5. The normalized spacial score (nSPS) is 16.0. The van der Waals surface area contributed by atoms with E-state index in [0.29, 0.717) is 12.1 Å². The van der Waals surface area contributed by atoms with Crippen LogP contribution in [0.5, 0.6) is 0 Å². The fourth-order valence-corrected chi connectivity index (χ4v) is 4.17. The summed E-state index contributed by atoms with van der Waals surface area (Å²) < 4.78 is 7.26. The second-order valence-electron chi connectivity index (χ2n) is 8.00. The number of rotatable bonds is 5. The Bertz CT molecular complexity index is 1050. The van der Waals surface area contributed by atoms with Gasteiger partial charge in [-0.2, -0.15) is 5.10 Å². The molecular weight excluding hydrogens is 378 g/mol. The van der Waals surface area contributed by atoms with Gasteiger partial charge < -0.3 is 10.1 Å². The topological polar surface area (TPSA) is 72.3 Å². The third-order valence-corrected chi connectivity index (χ3v) is 5.75. The number of nitrogens with zero attached hydrogens (tertiary/aromatic N) is 4. The van der Waals surface area contributed by atoms with Crippen LogP contribution < -0.4 is 5.32 Å². The lowest BCUT2D eigenvalue weighted by Crippen LogP contribution is -2.43. The van der Waals surface area contributed by atoms with E-state index < -0.39 is 0 Å². The van der Waals surface area contributed by atoms with Crippen LogP contribution in [0.1, 0.15) is 38.9 Å². The van der Waals surface area contributed by atoms with Gasteiger partial charge >= 0.3 is 0 Å². The largest absolute Gasteiger partial charge is 0.379 e. The molecule has 1 amide bonds. The number of aryl methyl sites for hydroxylation is 4. The molecule has 0 radical (unpaired) electrons. The number of hydrogen-bond donors (Lipinski definition) is 1. The second-order valence-corrected chi connectivity index (χ2v) is 8.00. The van der Waals surface area contributed by atoms with E-state index in [9.17, 15) is 4.79 Å². The Balaban J connectivity index is 1.60. The first-order valence-electron chi connectivity index (χ1n) is 10.4. The van der Waals surface area contributed by atoms with Crippen LogP contribution in [-0.4, -0.2) is 58.4 Å². The second kappa shape index (κ2) is 8.53. The first-order chi connectivity index (χ1) is 14.4. The number of fused-ring (bicyclic) bond motifs is 1. The van der Waals surface area contributed by atoms with Crippen molar-refractivity contribution in [3.8, 4) is 0 Å². The minimum absolute atomic E-state index is 0.0908. The van der Waals surface area contributed by atoms with Crippen molar-refractivity contribution in [1.82, 2.24) is 25.0 Å². The zero-order chi connectivity index (χ0) is 21.3. The Kier molecular flexibility index (Phi) is 5.83. The van der Waals surface area contributed by atoms with E-state index in [4.69, 9.17) is 4.74 Å². The highest BCUT2D eigenvalue weighted by Crippen LogP contribution is 2.24. The van der Waals surface area contributed by atoms with Gasteiger partial charge in [0.2, 0.25) is 0 Å². The Morgan fingerprint density at radius 3 is 2.57 bits per heavy atom. The monoisotopic (exact) mass is 407 g/mol. The van der Waals surface area contributed by atoms with Gasteiger partial charge in [0, 0.05) is 32.4 Å². The van der Waals surface area contributed by atoms with Crippen LogP contribution >= 0.6 is 0 Å². The molecule has 30 heavy (non-hydrogen) atoms. The van der Waals surface area contributed by atoms with Crippen molar-refractivity contribution in [3.63, 3.8) is 0 Å². The van der Waals surface area contributed by atoms with Crippen molar-refractivity contribution in [2.24, 2.45) is 7.05 Å². The predicted molar refractivity (Wildman–Crippen MR) is 117 cm³/mol. The maximum absolute atomic E-state index is 13.2. The highest BCUT2D eigenvalue weighted by atomic mass is 16.5. The maximum Gasteiger partial charge on any atom is 0.252 e. The van der Waals surface area contributed by atoms with Crippen LogP contribution in [0.3, 0.4) is 0 Å². The lowest BCUT2D eigenvalue weighted by Gasteiger charge is -2.35. The standard InChI is InChI=1S/C23H29N5O2/c1-15-5-7-18(8-6-15)20(28-9-11-30-12-10-28)14-24-23(29)19-13-16(2)25-22-21(19)17(3)26-27(22)4/h5-8,13,20H,9-12,14H2,1-4H3,(H,24,29)/t20-/m0/s1.